The van der Waals surface area contributed by atoms with E-state index in [1.807, 2.05) is 25.5 Å². The zero-order valence-electron chi connectivity index (χ0n) is 15.0. The highest BCUT2D eigenvalue weighted by molar-refractivity contribution is 5.85. The van der Waals surface area contributed by atoms with Crippen LogP contribution in [-0.4, -0.2) is 87.4 Å². The molecule has 2 saturated heterocycles. The van der Waals surface area contributed by atoms with E-state index in [1.54, 1.807) is 0 Å². The van der Waals surface area contributed by atoms with E-state index in [-0.39, 0.29) is 6.10 Å². The van der Waals surface area contributed by atoms with Crippen LogP contribution in [0.25, 0.3) is 11.2 Å². The second kappa shape index (κ2) is 6.15. The van der Waals surface area contributed by atoms with Gasteiger partial charge in [-0.25, -0.2) is 0 Å². The Kier molecular flexibility index (Phi) is 4.09. The van der Waals surface area contributed by atoms with Crippen LogP contribution in [0.1, 0.15) is 13.8 Å². The maximum atomic E-state index is 9.87. The molecule has 2 aromatic heterocycles. The lowest BCUT2D eigenvalue weighted by molar-refractivity contribution is -0.0397. The summed E-state index contributed by atoms with van der Waals surface area (Å²) in [4.78, 5) is 9.03. The Hall–Kier alpha value is -1.84. The maximum absolute atomic E-state index is 9.87. The van der Waals surface area contributed by atoms with Gasteiger partial charge in [-0.3, -0.25) is 14.6 Å². The first-order chi connectivity index (χ1) is 11.9. The molecular weight excluding hydrogens is 324 g/mol. The average molecular weight is 350 g/mol. The van der Waals surface area contributed by atoms with Crippen molar-refractivity contribution in [1.29, 1.82) is 0 Å². The number of β-amino-alcohol motifs (C(OH)–C–C–N with tert-alkyl or cyclic N) is 1. The molecule has 25 heavy (non-hydrogen) atoms. The third-order valence-electron chi connectivity index (χ3n) is 4.65. The van der Waals surface area contributed by atoms with Crippen molar-refractivity contribution in [3.05, 3.63) is 0 Å². The van der Waals surface area contributed by atoms with Gasteiger partial charge in [0.05, 0.1) is 18.8 Å². The SMILES string of the molecule is Cn1c(OC2CN(CC(C)(C)O)C2)nc2c(N3CCOCC3)n[nH]c21. The maximum Gasteiger partial charge on any atom is 0.298 e. The van der Waals surface area contributed by atoms with E-state index in [0.29, 0.717) is 25.8 Å². The van der Waals surface area contributed by atoms with E-state index < -0.39 is 5.60 Å². The largest absolute Gasteiger partial charge is 0.459 e. The zero-order chi connectivity index (χ0) is 17.6. The molecule has 9 nitrogen and oxygen atoms in total. The molecule has 0 bridgehead atoms. The number of hydrogen-bond donors (Lipinski definition) is 2. The molecule has 0 radical (unpaired) electrons. The minimum absolute atomic E-state index is 0.104. The Bertz CT molecular complexity index is 737. The quantitative estimate of drug-likeness (QED) is 0.782. The van der Waals surface area contributed by atoms with Crippen molar-refractivity contribution >= 4 is 17.0 Å². The number of aromatic amines is 1. The summed E-state index contributed by atoms with van der Waals surface area (Å²) in [7, 11) is 1.93. The first kappa shape index (κ1) is 16.6. The number of morpholine rings is 1. The Labute approximate surface area is 146 Å². The van der Waals surface area contributed by atoms with Gasteiger partial charge in [-0.05, 0) is 13.8 Å². The number of H-pyrrole nitrogens is 1. The topological polar surface area (TPSA) is 91.7 Å². The number of aryl methyl sites for hydroxylation is 1. The molecule has 2 aliphatic heterocycles. The molecule has 0 amide bonds. The van der Waals surface area contributed by atoms with Gasteiger partial charge in [0.25, 0.3) is 6.01 Å². The lowest BCUT2D eigenvalue weighted by Gasteiger charge is -2.41. The number of anilines is 1. The summed E-state index contributed by atoms with van der Waals surface area (Å²) in [5.41, 5.74) is 1.03. The fourth-order valence-corrected chi connectivity index (χ4v) is 3.44. The summed E-state index contributed by atoms with van der Waals surface area (Å²) in [6, 6.07) is 0.603. The third kappa shape index (κ3) is 3.31. The van der Waals surface area contributed by atoms with Gasteiger partial charge in [0.2, 0.25) is 0 Å². The normalized spacial score (nSPS) is 20.2. The standard InChI is InChI=1S/C16H26N6O3/c1-16(2,23)10-21-8-11(9-21)25-15-17-12-13(20(15)3)18-19-14(12)22-4-6-24-7-5-22/h11,23H,4-10H2,1-3H3,(H,18,19). The molecule has 2 aliphatic rings. The van der Waals surface area contributed by atoms with Crippen LogP contribution in [0.15, 0.2) is 0 Å². The van der Waals surface area contributed by atoms with E-state index in [9.17, 15) is 5.11 Å². The van der Waals surface area contributed by atoms with Gasteiger partial charge in [-0.2, -0.15) is 10.1 Å². The van der Waals surface area contributed by atoms with Gasteiger partial charge in [0.15, 0.2) is 17.0 Å². The Morgan fingerprint density at radius 1 is 1.32 bits per heavy atom. The first-order valence-corrected chi connectivity index (χ1v) is 8.75. The first-order valence-electron chi connectivity index (χ1n) is 8.75. The molecule has 9 heteroatoms. The second-order valence-electron chi connectivity index (χ2n) is 7.54. The zero-order valence-corrected chi connectivity index (χ0v) is 15.0. The number of ether oxygens (including phenoxy) is 2. The molecular formula is C16H26N6O3. The summed E-state index contributed by atoms with van der Waals surface area (Å²) in [5, 5.41) is 17.4. The lowest BCUT2D eigenvalue weighted by Crippen LogP contribution is -2.57. The smallest absolute Gasteiger partial charge is 0.298 e. The van der Waals surface area contributed by atoms with Crippen LogP contribution < -0.4 is 9.64 Å². The fraction of sp³-hybridized carbons (Fsp3) is 0.750. The van der Waals surface area contributed by atoms with E-state index in [4.69, 9.17) is 9.47 Å². The third-order valence-corrected chi connectivity index (χ3v) is 4.65. The van der Waals surface area contributed by atoms with Crippen LogP contribution in [0.5, 0.6) is 6.01 Å². The molecule has 4 heterocycles. The number of nitrogens with one attached hydrogen (secondary N) is 1. The fourth-order valence-electron chi connectivity index (χ4n) is 3.44. The van der Waals surface area contributed by atoms with E-state index >= 15 is 0 Å². The van der Waals surface area contributed by atoms with Crippen molar-refractivity contribution in [2.24, 2.45) is 7.05 Å². The lowest BCUT2D eigenvalue weighted by atomic mass is 10.1. The summed E-state index contributed by atoms with van der Waals surface area (Å²) < 4.78 is 13.4. The molecule has 0 saturated carbocycles. The van der Waals surface area contributed by atoms with Gasteiger partial charge in [-0.15, -0.1) is 0 Å². The predicted molar refractivity (Wildman–Crippen MR) is 93.0 cm³/mol. The molecule has 4 rings (SSSR count). The highest BCUT2D eigenvalue weighted by Gasteiger charge is 2.33. The summed E-state index contributed by atoms with van der Waals surface area (Å²) in [5.74, 6) is 0.862. The molecule has 2 aromatic rings. The van der Waals surface area contributed by atoms with Crippen LogP contribution >= 0.6 is 0 Å². The molecule has 0 spiro atoms. The van der Waals surface area contributed by atoms with E-state index in [2.05, 4.69) is 25.0 Å². The van der Waals surface area contributed by atoms with Gasteiger partial charge in [0, 0.05) is 39.8 Å². The average Bonchev–Trinajstić information content (AvgIpc) is 3.06. The summed E-state index contributed by atoms with van der Waals surface area (Å²) >= 11 is 0. The predicted octanol–water partition coefficient (Wildman–Crippen LogP) is -0.0331. The van der Waals surface area contributed by atoms with Crippen LogP contribution in [0.4, 0.5) is 5.82 Å². The number of aromatic nitrogens is 4. The van der Waals surface area contributed by atoms with Gasteiger partial charge >= 0.3 is 0 Å². The number of rotatable bonds is 5. The van der Waals surface area contributed by atoms with Crippen molar-refractivity contribution in [2.45, 2.75) is 25.6 Å². The highest BCUT2D eigenvalue weighted by atomic mass is 16.5. The number of imidazole rings is 1. The van der Waals surface area contributed by atoms with Crippen LogP contribution in [-0.2, 0) is 11.8 Å². The number of nitrogens with zero attached hydrogens (tertiary/aromatic N) is 5. The Balaban J connectivity index is 1.44. The highest BCUT2D eigenvalue weighted by Crippen LogP contribution is 2.28. The van der Waals surface area contributed by atoms with E-state index in [1.165, 1.54) is 0 Å². The van der Waals surface area contributed by atoms with Crippen molar-refractivity contribution in [1.82, 2.24) is 24.6 Å². The van der Waals surface area contributed by atoms with Crippen molar-refractivity contribution in [3.8, 4) is 6.01 Å². The molecule has 0 atom stereocenters. The van der Waals surface area contributed by atoms with Gasteiger partial charge in [0.1, 0.15) is 6.10 Å². The van der Waals surface area contributed by atoms with Crippen molar-refractivity contribution in [2.75, 3.05) is 50.8 Å². The molecule has 138 valence electrons. The molecule has 0 unspecified atom stereocenters. The monoisotopic (exact) mass is 350 g/mol. The van der Waals surface area contributed by atoms with Gasteiger partial charge < -0.3 is 19.5 Å². The number of hydrogen-bond acceptors (Lipinski definition) is 7. The van der Waals surface area contributed by atoms with Crippen molar-refractivity contribution < 1.29 is 14.6 Å². The minimum atomic E-state index is -0.678. The Morgan fingerprint density at radius 3 is 2.72 bits per heavy atom. The van der Waals surface area contributed by atoms with Crippen LogP contribution in [0, 0.1) is 0 Å². The Morgan fingerprint density at radius 2 is 2.04 bits per heavy atom. The van der Waals surface area contributed by atoms with E-state index in [0.717, 1.165) is 43.2 Å². The summed E-state index contributed by atoms with van der Waals surface area (Å²) in [6.45, 7) is 8.97. The van der Waals surface area contributed by atoms with Crippen LogP contribution in [0.3, 0.4) is 0 Å². The molecule has 2 N–H and O–H groups in total. The second-order valence-corrected chi connectivity index (χ2v) is 7.54. The molecule has 0 aliphatic carbocycles. The van der Waals surface area contributed by atoms with Crippen molar-refractivity contribution in [3.63, 3.8) is 0 Å². The minimum Gasteiger partial charge on any atom is -0.459 e. The van der Waals surface area contributed by atoms with Crippen LogP contribution in [0.2, 0.25) is 0 Å². The number of aliphatic hydroxyl groups is 1. The number of likely N-dealkylation sites (tertiary alicyclic amines) is 1. The molecule has 0 aromatic carbocycles. The summed E-state index contributed by atoms with van der Waals surface area (Å²) in [6.07, 6.45) is 0.104. The molecule has 2 fully saturated rings. The van der Waals surface area contributed by atoms with Gasteiger partial charge in [-0.1, -0.05) is 0 Å². The number of fused-ring (bicyclic) bond motifs is 1.